The van der Waals surface area contributed by atoms with Crippen LogP contribution in [-0.2, 0) is 0 Å². The number of aromatic nitrogens is 1. The molecule has 0 radical (unpaired) electrons. The number of halogens is 1. The molecule has 0 aliphatic rings. The van der Waals surface area contributed by atoms with E-state index in [1.54, 1.807) is 35.1 Å². The van der Waals surface area contributed by atoms with E-state index in [-0.39, 0.29) is 5.91 Å². The van der Waals surface area contributed by atoms with E-state index in [1.807, 2.05) is 13.0 Å². The van der Waals surface area contributed by atoms with Crippen molar-refractivity contribution in [2.45, 2.75) is 6.92 Å². The average molecular weight is 262 g/mol. The van der Waals surface area contributed by atoms with Gasteiger partial charge in [-0.25, -0.2) is 0 Å². The van der Waals surface area contributed by atoms with Crippen molar-refractivity contribution >= 4 is 28.8 Å². The van der Waals surface area contributed by atoms with Crippen LogP contribution in [-0.4, -0.2) is 10.9 Å². The van der Waals surface area contributed by atoms with Crippen molar-refractivity contribution in [1.82, 2.24) is 8.51 Å². The fraction of sp³-hybridized carbons (Fsp3) is 0.143. The quantitative estimate of drug-likeness (QED) is 0.615. The maximum Gasteiger partial charge on any atom is 0.278 e. The smallest absolute Gasteiger partial charge is 0.278 e. The Morgan fingerprint density at radius 3 is 3.00 bits per heavy atom. The second-order valence-electron chi connectivity index (χ2n) is 2.09. The van der Waals surface area contributed by atoms with Crippen LogP contribution in [0.2, 0.25) is 0 Å². The van der Waals surface area contributed by atoms with Crippen molar-refractivity contribution in [2.24, 2.45) is 0 Å². The number of amides is 1. The molecule has 0 saturated heterocycles. The van der Waals surface area contributed by atoms with Crippen LogP contribution in [0.15, 0.2) is 18.3 Å². The highest BCUT2D eigenvalue weighted by molar-refractivity contribution is 14.1. The van der Waals surface area contributed by atoms with E-state index >= 15 is 0 Å². The Bertz CT molecular complexity index is 275. The summed E-state index contributed by atoms with van der Waals surface area (Å²) in [6.07, 6.45) is 1.61. The van der Waals surface area contributed by atoms with Crippen LogP contribution in [0.3, 0.4) is 0 Å². The number of nitrogens with zero attached hydrogens (tertiary/aromatic N) is 1. The number of pyridine rings is 1. The Labute approximate surface area is 78.7 Å². The zero-order valence-corrected chi connectivity index (χ0v) is 8.12. The van der Waals surface area contributed by atoms with Crippen LogP contribution >= 0.6 is 22.9 Å². The molecule has 0 aliphatic carbocycles. The number of hydrogen-bond acceptors (Lipinski definition) is 2. The molecule has 0 aromatic carbocycles. The Hall–Kier alpha value is -0.650. The number of nitrogens with one attached hydrogen (secondary N) is 1. The topological polar surface area (TPSA) is 42.0 Å². The highest BCUT2D eigenvalue weighted by Crippen LogP contribution is 2.02. The average Bonchev–Trinajstić information content (AvgIpc) is 2.04. The van der Waals surface area contributed by atoms with E-state index in [4.69, 9.17) is 0 Å². The molecule has 1 amide bonds. The third kappa shape index (κ3) is 1.89. The predicted molar refractivity (Wildman–Crippen MR) is 50.5 cm³/mol. The third-order valence-electron chi connectivity index (χ3n) is 1.31. The molecule has 0 unspecified atom stereocenters. The van der Waals surface area contributed by atoms with Gasteiger partial charge in [0, 0.05) is 6.20 Å². The molecule has 0 atom stereocenters. The van der Waals surface area contributed by atoms with Gasteiger partial charge in [-0.2, -0.15) is 0 Å². The molecule has 1 N–H and O–H groups in total. The molecule has 0 fully saturated rings. The molecule has 1 heterocycles. The van der Waals surface area contributed by atoms with Crippen LogP contribution in [0, 0.1) is 6.92 Å². The summed E-state index contributed by atoms with van der Waals surface area (Å²) in [4.78, 5) is 15.0. The van der Waals surface area contributed by atoms with Crippen molar-refractivity contribution < 1.29 is 4.79 Å². The van der Waals surface area contributed by atoms with Gasteiger partial charge in [0.2, 0.25) is 0 Å². The van der Waals surface area contributed by atoms with Gasteiger partial charge in [0.1, 0.15) is 5.69 Å². The standard InChI is InChI=1S/C7H7IN2O/c1-5-3-2-4-9-6(5)7(11)10-8/h2-4H,1H3,(H,10,11). The van der Waals surface area contributed by atoms with Crippen LogP contribution in [0.1, 0.15) is 16.1 Å². The molecule has 1 rings (SSSR count). The fourth-order valence-corrected chi connectivity index (χ4v) is 1.02. The summed E-state index contributed by atoms with van der Waals surface area (Å²) in [6, 6.07) is 3.66. The number of carbonyl (C=O) groups excluding carboxylic acids is 1. The highest BCUT2D eigenvalue weighted by atomic mass is 127. The van der Waals surface area contributed by atoms with E-state index < -0.39 is 0 Å². The SMILES string of the molecule is Cc1cccnc1C(=O)NI. The molecule has 1 aromatic rings. The lowest BCUT2D eigenvalue weighted by Crippen LogP contribution is -2.14. The van der Waals surface area contributed by atoms with Gasteiger partial charge in [-0.3, -0.25) is 13.3 Å². The van der Waals surface area contributed by atoms with Crippen molar-refractivity contribution in [2.75, 3.05) is 0 Å². The Morgan fingerprint density at radius 2 is 2.45 bits per heavy atom. The minimum absolute atomic E-state index is 0.149. The number of rotatable bonds is 1. The van der Waals surface area contributed by atoms with Crippen molar-refractivity contribution in [3.8, 4) is 0 Å². The second-order valence-corrected chi connectivity index (χ2v) is 2.63. The van der Waals surface area contributed by atoms with Crippen LogP contribution in [0.25, 0.3) is 0 Å². The summed E-state index contributed by atoms with van der Waals surface area (Å²) >= 11 is 1.79. The summed E-state index contributed by atoms with van der Waals surface area (Å²) in [5, 5.41) is 0. The van der Waals surface area contributed by atoms with Gasteiger partial charge in [0.25, 0.3) is 5.91 Å². The molecule has 11 heavy (non-hydrogen) atoms. The molecule has 1 aromatic heterocycles. The maximum atomic E-state index is 11.1. The molecule has 4 heteroatoms. The molecule has 0 bridgehead atoms. The fourth-order valence-electron chi connectivity index (χ4n) is 0.768. The first-order valence-electron chi connectivity index (χ1n) is 3.08. The van der Waals surface area contributed by atoms with E-state index in [0.29, 0.717) is 5.69 Å². The van der Waals surface area contributed by atoms with Gasteiger partial charge >= 0.3 is 0 Å². The molecule has 58 valence electrons. The van der Waals surface area contributed by atoms with Crippen LogP contribution in [0.5, 0.6) is 0 Å². The minimum atomic E-state index is -0.149. The predicted octanol–water partition coefficient (Wildman–Crippen LogP) is 1.47. The van der Waals surface area contributed by atoms with Gasteiger partial charge in [-0.15, -0.1) is 0 Å². The molecule has 3 nitrogen and oxygen atoms in total. The monoisotopic (exact) mass is 262 g/mol. The normalized spacial score (nSPS) is 9.27. The lowest BCUT2D eigenvalue weighted by molar-refractivity contribution is 0.0984. The summed E-state index contributed by atoms with van der Waals surface area (Å²) in [5.41, 5.74) is 1.38. The van der Waals surface area contributed by atoms with Gasteiger partial charge < -0.3 is 0 Å². The van der Waals surface area contributed by atoms with E-state index in [9.17, 15) is 4.79 Å². The summed E-state index contributed by atoms with van der Waals surface area (Å²) in [6.45, 7) is 1.86. The minimum Gasteiger partial charge on any atom is -0.293 e. The third-order valence-corrected chi connectivity index (χ3v) is 1.80. The van der Waals surface area contributed by atoms with E-state index in [0.717, 1.165) is 5.56 Å². The van der Waals surface area contributed by atoms with Crippen molar-refractivity contribution in [1.29, 1.82) is 0 Å². The van der Waals surface area contributed by atoms with Crippen LogP contribution < -0.4 is 3.53 Å². The first kappa shape index (κ1) is 8.45. The largest absolute Gasteiger partial charge is 0.293 e. The lowest BCUT2D eigenvalue weighted by Gasteiger charge is -1.99. The van der Waals surface area contributed by atoms with Crippen molar-refractivity contribution in [3.05, 3.63) is 29.6 Å². The van der Waals surface area contributed by atoms with E-state index in [1.165, 1.54) is 0 Å². The lowest BCUT2D eigenvalue weighted by atomic mass is 10.2. The van der Waals surface area contributed by atoms with Crippen molar-refractivity contribution in [3.63, 3.8) is 0 Å². The van der Waals surface area contributed by atoms with Gasteiger partial charge in [0.15, 0.2) is 0 Å². The molecule has 0 aliphatic heterocycles. The number of carbonyl (C=O) groups is 1. The van der Waals surface area contributed by atoms with E-state index in [2.05, 4.69) is 8.51 Å². The number of aryl methyl sites for hydroxylation is 1. The summed E-state index contributed by atoms with van der Waals surface area (Å²) in [5.74, 6) is -0.149. The Morgan fingerprint density at radius 1 is 1.73 bits per heavy atom. The summed E-state index contributed by atoms with van der Waals surface area (Å²) < 4.78 is 2.49. The van der Waals surface area contributed by atoms with Crippen LogP contribution in [0.4, 0.5) is 0 Å². The zero-order valence-electron chi connectivity index (χ0n) is 5.97. The maximum absolute atomic E-state index is 11.1. The molecule has 0 saturated carbocycles. The van der Waals surface area contributed by atoms with Gasteiger partial charge in [0.05, 0.1) is 22.9 Å². The first-order valence-corrected chi connectivity index (χ1v) is 4.16. The van der Waals surface area contributed by atoms with Gasteiger partial charge in [-0.05, 0) is 18.6 Å². The summed E-state index contributed by atoms with van der Waals surface area (Å²) in [7, 11) is 0. The van der Waals surface area contributed by atoms with Gasteiger partial charge in [-0.1, -0.05) is 6.07 Å². The zero-order chi connectivity index (χ0) is 8.27. The molecular formula is C7H7IN2O. The Balaban J connectivity index is 3.03. The second kappa shape index (κ2) is 3.66. The first-order chi connectivity index (χ1) is 5.25. The number of hydrogen-bond donors (Lipinski definition) is 1. The highest BCUT2D eigenvalue weighted by Gasteiger charge is 2.06. The molecular weight excluding hydrogens is 255 g/mol. The Kier molecular flexibility index (Phi) is 2.81. The molecule has 0 spiro atoms.